The van der Waals surface area contributed by atoms with Crippen molar-refractivity contribution in [3.63, 3.8) is 0 Å². The smallest absolute Gasteiger partial charge is 0.221 e. The van der Waals surface area contributed by atoms with Gasteiger partial charge in [-0.15, -0.1) is 0 Å². The molecule has 0 radical (unpaired) electrons. The maximum Gasteiger partial charge on any atom is 0.221 e. The van der Waals surface area contributed by atoms with Gasteiger partial charge in [0.1, 0.15) is 19.7 Å². The van der Waals surface area contributed by atoms with E-state index in [9.17, 15) is 26.4 Å². The lowest BCUT2D eigenvalue weighted by Gasteiger charge is -2.06. The predicted octanol–water partition coefficient (Wildman–Crippen LogP) is 3.25. The van der Waals surface area contributed by atoms with Crippen LogP contribution in [0.3, 0.4) is 0 Å². The monoisotopic (exact) mass is 450 g/mol. The first-order valence-electron chi connectivity index (χ1n) is 8.81. The Labute approximate surface area is 166 Å². The van der Waals surface area contributed by atoms with Crippen LogP contribution in [0.1, 0.15) is 64.2 Å². The van der Waals surface area contributed by atoms with Crippen molar-refractivity contribution in [1.82, 2.24) is 0 Å². The van der Waals surface area contributed by atoms with Crippen LogP contribution in [-0.2, 0) is 29.3 Å². The van der Waals surface area contributed by atoms with Crippen LogP contribution in [0, 0.1) is 0 Å². The lowest BCUT2D eigenvalue weighted by Crippen LogP contribution is -2.15. The zero-order chi connectivity index (χ0) is 20.1. The summed E-state index contributed by atoms with van der Waals surface area (Å²) in [7, 11) is -6.38. The fourth-order valence-electron chi connectivity index (χ4n) is 2.37. The van der Waals surface area contributed by atoms with E-state index < -0.39 is 30.2 Å². The largest absolute Gasteiger partial charge is 0.281 e. The summed E-state index contributed by atoms with van der Waals surface area (Å²) >= 11 is 10.4. The topological polar surface area (TPSA) is 102 Å². The second-order valence-electron chi connectivity index (χ2n) is 6.34. The summed E-state index contributed by atoms with van der Waals surface area (Å²) < 4.78 is 47.5. The molecule has 0 aromatic heterocycles. The van der Waals surface area contributed by atoms with Gasteiger partial charge in [0.2, 0.25) is 10.5 Å². The second-order valence-corrected chi connectivity index (χ2v) is 11.8. The Bertz CT molecular complexity index is 573. The van der Waals surface area contributed by atoms with E-state index in [-0.39, 0.29) is 35.9 Å². The summed E-state index contributed by atoms with van der Waals surface area (Å²) in [6.07, 6.45) is 4.52. The van der Waals surface area contributed by atoms with Crippen molar-refractivity contribution < 1.29 is 26.4 Å². The van der Waals surface area contributed by atoms with Gasteiger partial charge < -0.3 is 0 Å². The summed E-state index contributed by atoms with van der Waals surface area (Å²) in [5.41, 5.74) is 0. The predicted molar refractivity (Wildman–Crippen MR) is 105 cm³/mol. The third-order valence-electron chi connectivity index (χ3n) is 3.82. The molecule has 0 aliphatic heterocycles. The lowest BCUT2D eigenvalue weighted by atomic mass is 10.2. The van der Waals surface area contributed by atoms with Crippen LogP contribution in [0.15, 0.2) is 0 Å². The minimum atomic E-state index is -3.19. The van der Waals surface area contributed by atoms with Gasteiger partial charge in [0, 0.05) is 12.8 Å². The maximum atomic E-state index is 11.9. The third-order valence-corrected chi connectivity index (χ3v) is 7.84. The number of carbonyl (C=O) groups is 2. The zero-order valence-electron chi connectivity index (χ0n) is 14.9. The van der Waals surface area contributed by atoms with E-state index in [1.165, 1.54) is 0 Å². The van der Waals surface area contributed by atoms with Gasteiger partial charge in [0.05, 0.1) is 23.0 Å². The minimum absolute atomic E-state index is 0.0191. The normalized spacial score (nSPS) is 12.2. The number of halogens is 2. The summed E-state index contributed by atoms with van der Waals surface area (Å²) in [4.78, 5) is 21.1. The average Bonchev–Trinajstić information content (AvgIpc) is 2.50. The highest BCUT2D eigenvalue weighted by Gasteiger charge is 2.14. The standard InChI is InChI=1S/C16H28Cl2O6S2/c17-15(19)9-3-1-5-11-25(21,22)13-7-8-14-26(23,24)12-6-2-4-10-16(18)20/h1-14H2. The number of rotatable bonds is 17. The molecule has 6 nitrogen and oxygen atoms in total. The average molecular weight is 451 g/mol. The number of sulfone groups is 2. The first-order chi connectivity index (χ1) is 12.0. The molecule has 154 valence electrons. The second kappa shape index (κ2) is 13.9. The molecular formula is C16H28Cl2O6S2. The number of hydrogen-bond acceptors (Lipinski definition) is 6. The van der Waals surface area contributed by atoms with Crippen LogP contribution < -0.4 is 0 Å². The molecule has 0 aliphatic rings. The van der Waals surface area contributed by atoms with Crippen LogP contribution in [0.25, 0.3) is 0 Å². The Morgan fingerprint density at radius 1 is 0.500 bits per heavy atom. The third kappa shape index (κ3) is 17.2. The van der Waals surface area contributed by atoms with Crippen LogP contribution >= 0.6 is 23.2 Å². The Balaban J connectivity index is 3.83. The molecule has 0 spiro atoms. The van der Waals surface area contributed by atoms with Crippen LogP contribution in [-0.4, -0.2) is 50.3 Å². The number of unbranched alkanes of at least 4 members (excludes halogenated alkanes) is 5. The molecule has 0 bridgehead atoms. The Morgan fingerprint density at radius 2 is 0.769 bits per heavy atom. The lowest BCUT2D eigenvalue weighted by molar-refractivity contribution is -0.112. The highest BCUT2D eigenvalue weighted by Crippen LogP contribution is 2.09. The van der Waals surface area contributed by atoms with Crippen molar-refractivity contribution >= 4 is 53.4 Å². The molecule has 0 rings (SSSR count). The summed E-state index contributed by atoms with van der Waals surface area (Å²) in [6.45, 7) is 0. The van der Waals surface area contributed by atoms with Gasteiger partial charge in [0.25, 0.3) is 0 Å². The Morgan fingerprint density at radius 3 is 1.04 bits per heavy atom. The van der Waals surface area contributed by atoms with Gasteiger partial charge in [0.15, 0.2) is 0 Å². The van der Waals surface area contributed by atoms with Crippen molar-refractivity contribution in [2.24, 2.45) is 0 Å². The van der Waals surface area contributed by atoms with Crippen LogP contribution in [0.5, 0.6) is 0 Å². The highest BCUT2D eigenvalue weighted by atomic mass is 35.5. The van der Waals surface area contributed by atoms with Crippen LogP contribution in [0.4, 0.5) is 0 Å². The molecule has 0 atom stereocenters. The van der Waals surface area contributed by atoms with E-state index in [1.54, 1.807) is 0 Å². The van der Waals surface area contributed by atoms with Gasteiger partial charge in [-0.3, -0.25) is 9.59 Å². The van der Waals surface area contributed by atoms with E-state index in [4.69, 9.17) is 23.2 Å². The Hall–Kier alpha value is -0.180. The molecule has 0 N–H and O–H groups in total. The fraction of sp³-hybridized carbons (Fsp3) is 0.875. The molecule has 26 heavy (non-hydrogen) atoms. The van der Waals surface area contributed by atoms with Gasteiger partial charge in [-0.1, -0.05) is 12.8 Å². The van der Waals surface area contributed by atoms with Gasteiger partial charge >= 0.3 is 0 Å². The fourth-order valence-corrected chi connectivity index (χ4v) is 5.62. The Kier molecular flexibility index (Phi) is 13.8. The molecule has 0 heterocycles. The van der Waals surface area contributed by atoms with Crippen molar-refractivity contribution in [2.45, 2.75) is 64.2 Å². The molecule has 0 saturated heterocycles. The van der Waals surface area contributed by atoms with Gasteiger partial charge in [-0.25, -0.2) is 16.8 Å². The number of carbonyl (C=O) groups excluding carboxylic acids is 2. The van der Waals surface area contributed by atoms with Crippen molar-refractivity contribution in [1.29, 1.82) is 0 Å². The summed E-state index contributed by atoms with van der Waals surface area (Å²) in [6, 6.07) is 0. The van der Waals surface area contributed by atoms with E-state index in [0.29, 0.717) is 51.4 Å². The first-order valence-corrected chi connectivity index (χ1v) is 13.2. The van der Waals surface area contributed by atoms with E-state index in [0.717, 1.165) is 0 Å². The quantitative estimate of drug-likeness (QED) is 0.249. The molecule has 0 aromatic carbocycles. The van der Waals surface area contributed by atoms with E-state index in [2.05, 4.69) is 0 Å². The molecule has 10 heteroatoms. The highest BCUT2D eigenvalue weighted by molar-refractivity contribution is 7.91. The van der Waals surface area contributed by atoms with Crippen LogP contribution in [0.2, 0.25) is 0 Å². The van der Waals surface area contributed by atoms with E-state index >= 15 is 0 Å². The maximum absolute atomic E-state index is 11.9. The van der Waals surface area contributed by atoms with Crippen molar-refractivity contribution in [3.8, 4) is 0 Å². The van der Waals surface area contributed by atoms with Crippen molar-refractivity contribution in [2.75, 3.05) is 23.0 Å². The minimum Gasteiger partial charge on any atom is -0.281 e. The SMILES string of the molecule is O=C(Cl)CCCCCS(=O)(=O)CCCCS(=O)(=O)CCCCCC(=O)Cl. The molecule has 0 aromatic rings. The van der Waals surface area contributed by atoms with Crippen molar-refractivity contribution in [3.05, 3.63) is 0 Å². The zero-order valence-corrected chi connectivity index (χ0v) is 18.1. The molecule has 0 saturated carbocycles. The molecule has 0 aliphatic carbocycles. The molecule has 0 fully saturated rings. The number of hydrogen-bond donors (Lipinski definition) is 0. The molecule has 0 unspecified atom stereocenters. The van der Waals surface area contributed by atoms with Gasteiger partial charge in [-0.2, -0.15) is 0 Å². The van der Waals surface area contributed by atoms with E-state index in [1.807, 2.05) is 0 Å². The molecular weight excluding hydrogens is 423 g/mol. The first kappa shape index (κ1) is 25.8. The summed E-state index contributed by atoms with van der Waals surface area (Å²) in [5.74, 6) is 0.0641. The van der Waals surface area contributed by atoms with Gasteiger partial charge in [-0.05, 0) is 61.7 Å². The molecule has 0 amide bonds. The summed E-state index contributed by atoms with van der Waals surface area (Å²) in [5, 5.41) is -0.830.